The molecule has 18 heavy (non-hydrogen) atoms. The van der Waals surface area contributed by atoms with Crippen molar-refractivity contribution in [2.24, 2.45) is 0 Å². The first-order chi connectivity index (χ1) is 8.58. The number of carboxylic acid groups (broad SMARTS) is 1. The molecule has 1 aromatic carbocycles. The largest absolute Gasteiger partial charge is 0.493 e. The molecule has 1 N–H and O–H groups in total. The third-order valence-corrected chi connectivity index (χ3v) is 3.40. The van der Waals surface area contributed by atoms with Gasteiger partial charge in [-0.05, 0) is 24.5 Å². The maximum atomic E-state index is 11.2. The van der Waals surface area contributed by atoms with Crippen molar-refractivity contribution in [3.8, 4) is 11.5 Å². The van der Waals surface area contributed by atoms with Crippen LogP contribution in [-0.4, -0.2) is 38.4 Å². The molecule has 1 aliphatic rings. The minimum absolute atomic E-state index is 0.476. The number of ether oxygens (including phenoxy) is 2. The Morgan fingerprint density at radius 1 is 1.33 bits per heavy atom. The van der Waals surface area contributed by atoms with Crippen LogP contribution in [0, 0.1) is 0 Å². The van der Waals surface area contributed by atoms with Crippen molar-refractivity contribution in [2.45, 2.75) is 18.9 Å². The number of nitrogens with zero attached hydrogens (tertiary/aromatic N) is 1. The Bertz CT molecular complexity index is 472. The number of hydrogen-bond donors (Lipinski definition) is 1. The van der Waals surface area contributed by atoms with E-state index < -0.39 is 12.0 Å². The van der Waals surface area contributed by atoms with Gasteiger partial charge in [0, 0.05) is 18.8 Å². The van der Waals surface area contributed by atoms with Gasteiger partial charge in [0.2, 0.25) is 0 Å². The van der Waals surface area contributed by atoms with Gasteiger partial charge >= 0.3 is 5.97 Å². The summed E-state index contributed by atoms with van der Waals surface area (Å²) >= 11 is 0. The van der Waals surface area contributed by atoms with Crippen LogP contribution < -0.4 is 14.4 Å². The second-order valence-corrected chi connectivity index (χ2v) is 4.34. The molecule has 0 saturated heterocycles. The lowest BCUT2D eigenvalue weighted by Gasteiger charge is -2.33. The molecule has 1 aromatic rings. The number of hydrogen-bond acceptors (Lipinski definition) is 4. The molecule has 1 atom stereocenters. The zero-order chi connectivity index (χ0) is 13.3. The Kier molecular flexibility index (Phi) is 3.32. The standard InChI is InChI=1S/C13H17NO4/c1-14-9(13(15)16)5-4-8-6-11(17-2)12(18-3)7-10(8)14/h6-7,9H,4-5H2,1-3H3,(H,15,16). The van der Waals surface area contributed by atoms with Crippen molar-refractivity contribution in [2.75, 3.05) is 26.2 Å². The summed E-state index contributed by atoms with van der Waals surface area (Å²) in [5.41, 5.74) is 1.99. The second kappa shape index (κ2) is 4.76. The summed E-state index contributed by atoms with van der Waals surface area (Å²) in [6, 6.07) is 3.28. The van der Waals surface area contributed by atoms with Crippen molar-refractivity contribution in [1.82, 2.24) is 0 Å². The number of methoxy groups -OCH3 is 2. The number of aliphatic carboxylic acids is 1. The monoisotopic (exact) mass is 251 g/mol. The Balaban J connectivity index is 2.45. The van der Waals surface area contributed by atoms with Crippen LogP contribution in [-0.2, 0) is 11.2 Å². The number of aryl methyl sites for hydroxylation is 1. The van der Waals surface area contributed by atoms with Gasteiger partial charge in [-0.15, -0.1) is 0 Å². The fourth-order valence-electron chi connectivity index (χ4n) is 2.38. The van der Waals surface area contributed by atoms with E-state index in [9.17, 15) is 4.79 Å². The highest BCUT2D eigenvalue weighted by Gasteiger charge is 2.29. The van der Waals surface area contributed by atoms with Crippen molar-refractivity contribution in [1.29, 1.82) is 0 Å². The topological polar surface area (TPSA) is 59.0 Å². The Hall–Kier alpha value is -1.91. The van der Waals surface area contributed by atoms with E-state index in [1.807, 2.05) is 12.1 Å². The van der Waals surface area contributed by atoms with E-state index in [1.165, 1.54) is 0 Å². The zero-order valence-corrected chi connectivity index (χ0v) is 10.8. The SMILES string of the molecule is COc1cc2c(cc1OC)N(C)C(C(=O)O)CC2. The quantitative estimate of drug-likeness (QED) is 0.883. The van der Waals surface area contributed by atoms with Crippen molar-refractivity contribution >= 4 is 11.7 Å². The Labute approximate surface area is 106 Å². The number of anilines is 1. The Morgan fingerprint density at radius 2 is 1.94 bits per heavy atom. The van der Waals surface area contributed by atoms with Gasteiger partial charge in [-0.25, -0.2) is 4.79 Å². The molecule has 0 spiro atoms. The molecule has 98 valence electrons. The molecule has 0 radical (unpaired) electrons. The van der Waals surface area contributed by atoms with E-state index in [1.54, 1.807) is 26.2 Å². The van der Waals surface area contributed by atoms with Crippen LogP contribution in [0.25, 0.3) is 0 Å². The molecule has 1 aliphatic heterocycles. The molecule has 0 amide bonds. The molecule has 0 aromatic heterocycles. The van der Waals surface area contributed by atoms with Crippen molar-refractivity contribution in [3.05, 3.63) is 17.7 Å². The summed E-state index contributed by atoms with van der Waals surface area (Å²) < 4.78 is 10.5. The number of carboxylic acids is 1. The number of fused-ring (bicyclic) bond motifs is 1. The van der Waals surface area contributed by atoms with Gasteiger partial charge < -0.3 is 19.5 Å². The van der Waals surface area contributed by atoms with E-state index in [0.29, 0.717) is 17.9 Å². The predicted molar refractivity (Wildman–Crippen MR) is 67.7 cm³/mol. The first-order valence-electron chi connectivity index (χ1n) is 5.79. The lowest BCUT2D eigenvalue weighted by Crippen LogP contribution is -2.41. The number of likely N-dealkylation sites (N-methyl/N-ethyl adjacent to an activating group) is 1. The van der Waals surface area contributed by atoms with Gasteiger partial charge in [0.15, 0.2) is 11.5 Å². The fraction of sp³-hybridized carbons (Fsp3) is 0.462. The zero-order valence-electron chi connectivity index (χ0n) is 10.8. The third-order valence-electron chi connectivity index (χ3n) is 3.40. The van der Waals surface area contributed by atoms with E-state index >= 15 is 0 Å². The molecule has 5 nitrogen and oxygen atoms in total. The molecule has 0 bridgehead atoms. The van der Waals surface area contributed by atoms with Crippen LogP contribution in [0.2, 0.25) is 0 Å². The summed E-state index contributed by atoms with van der Waals surface area (Å²) in [4.78, 5) is 12.9. The van der Waals surface area contributed by atoms with E-state index in [2.05, 4.69) is 0 Å². The van der Waals surface area contributed by atoms with Gasteiger partial charge in [-0.1, -0.05) is 0 Å². The smallest absolute Gasteiger partial charge is 0.326 e. The molecule has 2 rings (SSSR count). The predicted octanol–water partition coefficient (Wildman–Crippen LogP) is 1.54. The summed E-state index contributed by atoms with van der Waals surface area (Å²) in [5.74, 6) is 0.505. The van der Waals surface area contributed by atoms with Crippen LogP contribution in [0.1, 0.15) is 12.0 Å². The van der Waals surface area contributed by atoms with Gasteiger partial charge in [0.25, 0.3) is 0 Å². The molecule has 0 fully saturated rings. The highest BCUT2D eigenvalue weighted by atomic mass is 16.5. The summed E-state index contributed by atoms with van der Waals surface area (Å²) in [6.45, 7) is 0. The van der Waals surface area contributed by atoms with E-state index in [4.69, 9.17) is 14.6 Å². The molecule has 1 heterocycles. The average molecular weight is 251 g/mol. The highest BCUT2D eigenvalue weighted by molar-refractivity contribution is 5.80. The van der Waals surface area contributed by atoms with Gasteiger partial charge in [-0.2, -0.15) is 0 Å². The maximum absolute atomic E-state index is 11.2. The van der Waals surface area contributed by atoms with Crippen LogP contribution in [0.15, 0.2) is 12.1 Å². The van der Waals surface area contributed by atoms with E-state index in [0.717, 1.165) is 17.7 Å². The molecule has 0 aliphatic carbocycles. The molecular formula is C13H17NO4. The molecule has 5 heteroatoms. The highest BCUT2D eigenvalue weighted by Crippen LogP contribution is 2.38. The van der Waals surface area contributed by atoms with Crippen molar-refractivity contribution in [3.63, 3.8) is 0 Å². The molecule has 1 unspecified atom stereocenters. The van der Waals surface area contributed by atoms with Gasteiger partial charge in [0.1, 0.15) is 6.04 Å². The van der Waals surface area contributed by atoms with Crippen LogP contribution >= 0.6 is 0 Å². The summed E-state index contributed by atoms with van der Waals surface area (Å²) in [7, 11) is 4.96. The fourth-order valence-corrected chi connectivity index (χ4v) is 2.38. The first-order valence-corrected chi connectivity index (χ1v) is 5.79. The van der Waals surface area contributed by atoms with Crippen LogP contribution in [0.3, 0.4) is 0 Å². The lowest BCUT2D eigenvalue weighted by atomic mass is 9.96. The third kappa shape index (κ3) is 1.96. The number of benzene rings is 1. The molecular weight excluding hydrogens is 234 g/mol. The first kappa shape index (κ1) is 12.5. The van der Waals surface area contributed by atoms with E-state index in [-0.39, 0.29) is 0 Å². The van der Waals surface area contributed by atoms with Crippen LogP contribution in [0.4, 0.5) is 5.69 Å². The summed E-state index contributed by atoms with van der Waals surface area (Å²) in [6.07, 6.45) is 1.34. The number of rotatable bonds is 3. The normalized spacial score (nSPS) is 18.2. The minimum atomic E-state index is -0.794. The second-order valence-electron chi connectivity index (χ2n) is 4.34. The Morgan fingerprint density at radius 3 is 2.50 bits per heavy atom. The van der Waals surface area contributed by atoms with Gasteiger partial charge in [0.05, 0.1) is 14.2 Å². The molecule has 0 saturated carbocycles. The van der Waals surface area contributed by atoms with Crippen molar-refractivity contribution < 1.29 is 19.4 Å². The van der Waals surface area contributed by atoms with Crippen LogP contribution in [0.5, 0.6) is 11.5 Å². The lowest BCUT2D eigenvalue weighted by molar-refractivity contribution is -0.138. The van der Waals surface area contributed by atoms with Gasteiger partial charge in [-0.3, -0.25) is 0 Å². The number of carbonyl (C=O) groups is 1. The minimum Gasteiger partial charge on any atom is -0.493 e. The average Bonchev–Trinajstić information content (AvgIpc) is 2.37. The maximum Gasteiger partial charge on any atom is 0.326 e. The summed E-state index contributed by atoms with van der Waals surface area (Å²) in [5, 5.41) is 9.16.